The lowest BCUT2D eigenvalue weighted by molar-refractivity contribution is -0.124. The standard InChI is InChI=1S/C14H25N3O/c1-5-14(6-2,7-3)16-13(18)11-17-9-8-15-10-12(17)4/h1,12,15H,6-11H2,2-4H3,(H,16,18). The molecule has 1 heterocycles. The fraction of sp³-hybridized carbons (Fsp3) is 0.786. The Morgan fingerprint density at radius 3 is 2.72 bits per heavy atom. The van der Waals surface area contributed by atoms with Gasteiger partial charge in [0.1, 0.15) is 5.54 Å². The molecule has 0 aliphatic carbocycles. The summed E-state index contributed by atoms with van der Waals surface area (Å²) in [6.45, 7) is 9.39. The van der Waals surface area contributed by atoms with Gasteiger partial charge in [-0.05, 0) is 19.8 Å². The number of carbonyl (C=O) groups excluding carboxylic acids is 1. The summed E-state index contributed by atoms with van der Waals surface area (Å²) in [5.41, 5.74) is -0.478. The summed E-state index contributed by atoms with van der Waals surface area (Å²) >= 11 is 0. The molecule has 1 atom stereocenters. The number of piperazine rings is 1. The molecule has 1 aliphatic heterocycles. The summed E-state index contributed by atoms with van der Waals surface area (Å²) in [5.74, 6) is 2.76. The van der Waals surface area contributed by atoms with E-state index in [9.17, 15) is 4.79 Å². The van der Waals surface area contributed by atoms with Crippen molar-refractivity contribution in [1.82, 2.24) is 15.5 Å². The van der Waals surface area contributed by atoms with Gasteiger partial charge in [0.15, 0.2) is 0 Å². The largest absolute Gasteiger partial charge is 0.339 e. The monoisotopic (exact) mass is 251 g/mol. The number of hydrogen-bond acceptors (Lipinski definition) is 3. The zero-order valence-corrected chi connectivity index (χ0v) is 11.8. The summed E-state index contributed by atoms with van der Waals surface area (Å²) in [4.78, 5) is 14.3. The highest BCUT2D eigenvalue weighted by Crippen LogP contribution is 2.13. The van der Waals surface area contributed by atoms with E-state index in [4.69, 9.17) is 6.42 Å². The maximum absolute atomic E-state index is 12.1. The van der Waals surface area contributed by atoms with E-state index in [1.54, 1.807) is 0 Å². The van der Waals surface area contributed by atoms with Gasteiger partial charge in [0.05, 0.1) is 6.54 Å². The van der Waals surface area contributed by atoms with Gasteiger partial charge >= 0.3 is 0 Å². The molecule has 0 aromatic carbocycles. The van der Waals surface area contributed by atoms with Crippen LogP contribution >= 0.6 is 0 Å². The smallest absolute Gasteiger partial charge is 0.235 e. The molecule has 1 unspecified atom stereocenters. The van der Waals surface area contributed by atoms with Crippen molar-refractivity contribution in [2.45, 2.75) is 45.2 Å². The van der Waals surface area contributed by atoms with Gasteiger partial charge in [-0.3, -0.25) is 9.69 Å². The lowest BCUT2D eigenvalue weighted by Crippen LogP contribution is -2.55. The van der Waals surface area contributed by atoms with Crippen molar-refractivity contribution >= 4 is 5.91 Å². The minimum atomic E-state index is -0.478. The van der Waals surface area contributed by atoms with E-state index >= 15 is 0 Å². The third kappa shape index (κ3) is 3.72. The minimum Gasteiger partial charge on any atom is -0.339 e. The molecule has 1 saturated heterocycles. The highest BCUT2D eigenvalue weighted by atomic mass is 16.2. The molecule has 0 aromatic rings. The highest BCUT2D eigenvalue weighted by molar-refractivity contribution is 5.79. The third-order valence-corrected chi connectivity index (χ3v) is 3.85. The zero-order valence-electron chi connectivity index (χ0n) is 11.8. The second-order valence-electron chi connectivity index (χ2n) is 5.01. The van der Waals surface area contributed by atoms with Crippen LogP contribution in [0.25, 0.3) is 0 Å². The van der Waals surface area contributed by atoms with E-state index in [2.05, 4.69) is 28.4 Å². The van der Waals surface area contributed by atoms with Crippen LogP contribution in [0.15, 0.2) is 0 Å². The number of terminal acetylenes is 1. The molecule has 18 heavy (non-hydrogen) atoms. The zero-order chi connectivity index (χ0) is 13.6. The molecule has 4 nitrogen and oxygen atoms in total. The molecule has 0 aromatic heterocycles. The van der Waals surface area contributed by atoms with Crippen LogP contribution in [-0.2, 0) is 4.79 Å². The molecular weight excluding hydrogens is 226 g/mol. The van der Waals surface area contributed by atoms with E-state index in [0.717, 1.165) is 32.5 Å². The second-order valence-corrected chi connectivity index (χ2v) is 5.01. The van der Waals surface area contributed by atoms with Gasteiger partial charge in [-0.25, -0.2) is 0 Å². The summed E-state index contributed by atoms with van der Waals surface area (Å²) in [5, 5.41) is 6.32. The van der Waals surface area contributed by atoms with Gasteiger partial charge in [0, 0.05) is 25.7 Å². The Balaban J connectivity index is 2.52. The number of amides is 1. The first-order valence-corrected chi connectivity index (χ1v) is 6.80. The Morgan fingerprint density at radius 1 is 1.56 bits per heavy atom. The van der Waals surface area contributed by atoms with Crippen molar-refractivity contribution in [3.8, 4) is 12.3 Å². The van der Waals surface area contributed by atoms with Crippen molar-refractivity contribution in [3.05, 3.63) is 0 Å². The molecule has 0 saturated carbocycles. The van der Waals surface area contributed by atoms with Crippen LogP contribution in [0.3, 0.4) is 0 Å². The first-order valence-electron chi connectivity index (χ1n) is 6.80. The quantitative estimate of drug-likeness (QED) is 0.703. The van der Waals surface area contributed by atoms with Gasteiger partial charge < -0.3 is 10.6 Å². The van der Waals surface area contributed by atoms with E-state index < -0.39 is 5.54 Å². The molecule has 2 N–H and O–H groups in total. The molecule has 0 spiro atoms. The molecule has 1 fully saturated rings. The molecule has 1 amide bonds. The van der Waals surface area contributed by atoms with Crippen LogP contribution in [0.4, 0.5) is 0 Å². The van der Waals surface area contributed by atoms with Crippen LogP contribution in [0, 0.1) is 12.3 Å². The van der Waals surface area contributed by atoms with Crippen molar-refractivity contribution < 1.29 is 4.79 Å². The number of nitrogens with one attached hydrogen (secondary N) is 2. The number of nitrogens with zero attached hydrogens (tertiary/aromatic N) is 1. The summed E-state index contributed by atoms with van der Waals surface area (Å²) < 4.78 is 0. The van der Waals surface area contributed by atoms with Gasteiger partial charge in [-0.1, -0.05) is 19.8 Å². The fourth-order valence-corrected chi connectivity index (χ4v) is 2.28. The molecular formula is C14H25N3O. The molecule has 0 bridgehead atoms. The van der Waals surface area contributed by atoms with Gasteiger partial charge in [0.2, 0.25) is 5.91 Å². The van der Waals surface area contributed by atoms with Gasteiger partial charge in [0.25, 0.3) is 0 Å². The Labute approximate surface area is 110 Å². The Morgan fingerprint density at radius 2 is 2.22 bits per heavy atom. The predicted octanol–water partition coefficient (Wildman–Crippen LogP) is 0.588. The van der Waals surface area contributed by atoms with Crippen LogP contribution in [0.5, 0.6) is 0 Å². The molecule has 1 rings (SSSR count). The lowest BCUT2D eigenvalue weighted by atomic mass is 9.94. The Kier molecular flexibility index (Phi) is 5.64. The van der Waals surface area contributed by atoms with Crippen molar-refractivity contribution in [2.75, 3.05) is 26.2 Å². The SMILES string of the molecule is C#CC(CC)(CC)NC(=O)CN1CCNCC1C. The molecule has 1 aliphatic rings. The first-order chi connectivity index (χ1) is 8.56. The normalized spacial score (nSPS) is 21.3. The summed E-state index contributed by atoms with van der Waals surface area (Å²) in [6, 6.07) is 0.396. The van der Waals surface area contributed by atoms with E-state index in [1.807, 2.05) is 13.8 Å². The van der Waals surface area contributed by atoms with Crippen LogP contribution in [-0.4, -0.2) is 48.6 Å². The minimum absolute atomic E-state index is 0.0328. The molecule has 0 radical (unpaired) electrons. The number of carbonyl (C=O) groups is 1. The van der Waals surface area contributed by atoms with Gasteiger partial charge in [-0.15, -0.1) is 6.42 Å². The van der Waals surface area contributed by atoms with E-state index in [1.165, 1.54) is 0 Å². The number of hydrogen-bond donors (Lipinski definition) is 2. The fourth-order valence-electron chi connectivity index (χ4n) is 2.28. The van der Waals surface area contributed by atoms with Crippen LogP contribution in [0.1, 0.15) is 33.6 Å². The van der Waals surface area contributed by atoms with Crippen molar-refractivity contribution in [2.24, 2.45) is 0 Å². The van der Waals surface area contributed by atoms with Crippen LogP contribution in [0.2, 0.25) is 0 Å². The van der Waals surface area contributed by atoms with E-state index in [0.29, 0.717) is 12.6 Å². The summed E-state index contributed by atoms with van der Waals surface area (Å²) in [7, 11) is 0. The lowest BCUT2D eigenvalue weighted by Gasteiger charge is -2.34. The Hall–Kier alpha value is -1.05. The average molecular weight is 251 g/mol. The maximum atomic E-state index is 12.1. The first kappa shape index (κ1) is 15.0. The van der Waals surface area contributed by atoms with E-state index in [-0.39, 0.29) is 5.91 Å². The number of rotatable bonds is 5. The second kappa shape index (κ2) is 6.77. The van der Waals surface area contributed by atoms with Gasteiger partial charge in [-0.2, -0.15) is 0 Å². The third-order valence-electron chi connectivity index (χ3n) is 3.85. The molecule has 102 valence electrons. The molecule has 4 heteroatoms. The maximum Gasteiger partial charge on any atom is 0.235 e. The predicted molar refractivity (Wildman–Crippen MR) is 74.2 cm³/mol. The Bertz CT molecular complexity index is 317. The highest BCUT2D eigenvalue weighted by Gasteiger charge is 2.27. The van der Waals surface area contributed by atoms with Crippen molar-refractivity contribution in [3.63, 3.8) is 0 Å². The summed E-state index contributed by atoms with van der Waals surface area (Å²) in [6.07, 6.45) is 7.08. The average Bonchev–Trinajstić information content (AvgIpc) is 2.39. The topological polar surface area (TPSA) is 44.4 Å². The van der Waals surface area contributed by atoms with Crippen LogP contribution < -0.4 is 10.6 Å². The van der Waals surface area contributed by atoms with Crippen molar-refractivity contribution in [1.29, 1.82) is 0 Å².